The second-order valence-corrected chi connectivity index (χ2v) is 4.34. The highest BCUT2D eigenvalue weighted by Gasteiger charge is 2.11. The first-order valence-electron chi connectivity index (χ1n) is 5.80. The lowest BCUT2D eigenvalue weighted by molar-refractivity contribution is 0.340. The molecule has 0 unspecified atom stereocenters. The summed E-state index contributed by atoms with van der Waals surface area (Å²) >= 11 is 6.17. The highest BCUT2D eigenvalue weighted by atomic mass is 35.5. The van der Waals surface area contributed by atoms with Gasteiger partial charge < -0.3 is 15.0 Å². The van der Waals surface area contributed by atoms with E-state index in [0.717, 1.165) is 17.0 Å². The number of nitrogens with two attached hydrogens (primary N) is 1. The quantitative estimate of drug-likeness (QED) is 0.925. The first kappa shape index (κ1) is 12.9. The Hall–Kier alpha value is -1.52. The van der Waals surface area contributed by atoms with Crippen molar-refractivity contribution in [3.63, 3.8) is 0 Å². The van der Waals surface area contributed by atoms with Crippen LogP contribution in [0.3, 0.4) is 0 Å². The lowest BCUT2D eigenvalue weighted by Gasteiger charge is -2.08. The zero-order chi connectivity index (χ0) is 13.1. The number of ether oxygens (including phenoxy) is 1. The van der Waals surface area contributed by atoms with Gasteiger partial charge in [0.2, 0.25) is 0 Å². The number of nitrogens with zero attached hydrogens (tertiary/aromatic N) is 2. The zero-order valence-electron chi connectivity index (χ0n) is 10.5. The van der Waals surface area contributed by atoms with Gasteiger partial charge in [-0.15, -0.1) is 0 Å². The standard InChI is InChI=1S/C13H16ClN3O/c1-3-18-12-5-4-9(6-10(12)14)13-11(7-15)17(2)8-16-13/h4-6,8H,3,7,15H2,1-2H3. The van der Waals surface area contributed by atoms with E-state index in [1.54, 1.807) is 6.33 Å². The Morgan fingerprint density at radius 2 is 2.22 bits per heavy atom. The third-order valence-corrected chi connectivity index (χ3v) is 3.05. The molecule has 5 heteroatoms. The van der Waals surface area contributed by atoms with Crippen molar-refractivity contribution in [2.75, 3.05) is 6.61 Å². The molecular weight excluding hydrogens is 250 g/mol. The molecule has 0 atom stereocenters. The van der Waals surface area contributed by atoms with Crippen molar-refractivity contribution in [3.05, 3.63) is 35.2 Å². The predicted molar refractivity (Wildman–Crippen MR) is 72.7 cm³/mol. The number of benzene rings is 1. The van der Waals surface area contributed by atoms with Crippen molar-refractivity contribution in [1.82, 2.24) is 9.55 Å². The van der Waals surface area contributed by atoms with E-state index in [4.69, 9.17) is 22.1 Å². The van der Waals surface area contributed by atoms with Gasteiger partial charge in [0.25, 0.3) is 0 Å². The summed E-state index contributed by atoms with van der Waals surface area (Å²) in [5.74, 6) is 0.688. The number of imidazole rings is 1. The highest BCUT2D eigenvalue weighted by molar-refractivity contribution is 6.32. The van der Waals surface area contributed by atoms with E-state index in [0.29, 0.717) is 23.9 Å². The Kier molecular flexibility index (Phi) is 3.89. The predicted octanol–water partition coefficient (Wildman–Crippen LogP) is 2.60. The normalized spacial score (nSPS) is 10.7. The number of rotatable bonds is 4. The molecule has 1 aromatic carbocycles. The molecule has 1 heterocycles. The average Bonchev–Trinajstić information content (AvgIpc) is 2.73. The summed E-state index contributed by atoms with van der Waals surface area (Å²) in [5.41, 5.74) is 8.53. The maximum Gasteiger partial charge on any atom is 0.137 e. The maximum atomic E-state index is 6.17. The van der Waals surface area contributed by atoms with E-state index < -0.39 is 0 Å². The van der Waals surface area contributed by atoms with Crippen LogP contribution >= 0.6 is 11.6 Å². The first-order chi connectivity index (χ1) is 8.67. The van der Waals surface area contributed by atoms with Crippen LogP contribution in [0.5, 0.6) is 5.75 Å². The SMILES string of the molecule is CCOc1ccc(-c2ncn(C)c2CN)cc1Cl. The molecule has 1 aromatic heterocycles. The van der Waals surface area contributed by atoms with E-state index in [-0.39, 0.29) is 0 Å². The lowest BCUT2D eigenvalue weighted by Crippen LogP contribution is -2.04. The fourth-order valence-corrected chi connectivity index (χ4v) is 2.09. The third kappa shape index (κ3) is 2.35. The molecule has 0 bridgehead atoms. The van der Waals surface area contributed by atoms with E-state index in [2.05, 4.69) is 4.98 Å². The maximum absolute atomic E-state index is 6.17. The molecular formula is C13H16ClN3O. The zero-order valence-corrected chi connectivity index (χ0v) is 11.2. The number of hydrogen-bond acceptors (Lipinski definition) is 3. The molecule has 0 saturated carbocycles. The van der Waals surface area contributed by atoms with Crippen LogP contribution in [-0.2, 0) is 13.6 Å². The van der Waals surface area contributed by atoms with Crippen LogP contribution in [-0.4, -0.2) is 16.2 Å². The summed E-state index contributed by atoms with van der Waals surface area (Å²) in [6.45, 7) is 2.96. The van der Waals surface area contributed by atoms with Crippen molar-refractivity contribution < 1.29 is 4.74 Å². The highest BCUT2D eigenvalue weighted by Crippen LogP contribution is 2.31. The third-order valence-electron chi connectivity index (χ3n) is 2.76. The summed E-state index contributed by atoms with van der Waals surface area (Å²) in [6, 6.07) is 5.66. The van der Waals surface area contributed by atoms with E-state index >= 15 is 0 Å². The van der Waals surface area contributed by atoms with Gasteiger partial charge in [0.1, 0.15) is 5.75 Å². The Morgan fingerprint density at radius 3 is 2.83 bits per heavy atom. The van der Waals surface area contributed by atoms with Gasteiger partial charge in [-0.25, -0.2) is 4.98 Å². The van der Waals surface area contributed by atoms with Crippen LogP contribution in [0.4, 0.5) is 0 Å². The molecule has 4 nitrogen and oxygen atoms in total. The minimum atomic E-state index is 0.441. The van der Waals surface area contributed by atoms with Crippen molar-refractivity contribution in [1.29, 1.82) is 0 Å². The number of hydrogen-bond donors (Lipinski definition) is 1. The second-order valence-electron chi connectivity index (χ2n) is 3.93. The Bertz CT molecular complexity index is 551. The van der Waals surface area contributed by atoms with Gasteiger partial charge in [-0.3, -0.25) is 0 Å². The van der Waals surface area contributed by atoms with E-state index in [9.17, 15) is 0 Å². The monoisotopic (exact) mass is 265 g/mol. The fourth-order valence-electron chi connectivity index (χ4n) is 1.86. The van der Waals surface area contributed by atoms with E-state index in [1.807, 2.05) is 36.7 Å². The lowest BCUT2D eigenvalue weighted by atomic mass is 10.1. The summed E-state index contributed by atoms with van der Waals surface area (Å²) in [7, 11) is 1.93. The average molecular weight is 266 g/mol. The molecule has 0 amide bonds. The summed E-state index contributed by atoms with van der Waals surface area (Å²) < 4.78 is 7.32. The number of aryl methyl sites for hydroxylation is 1. The number of halogens is 1. The molecule has 0 saturated heterocycles. The summed E-state index contributed by atoms with van der Waals surface area (Å²) in [5, 5.41) is 0.586. The first-order valence-corrected chi connectivity index (χ1v) is 6.18. The minimum Gasteiger partial charge on any atom is -0.492 e. The van der Waals surface area contributed by atoms with Gasteiger partial charge in [0, 0.05) is 19.2 Å². The van der Waals surface area contributed by atoms with Crippen LogP contribution in [0.15, 0.2) is 24.5 Å². The van der Waals surface area contributed by atoms with Gasteiger partial charge in [-0.05, 0) is 25.1 Å². The Balaban J connectivity index is 2.42. The van der Waals surface area contributed by atoms with Gasteiger partial charge in [-0.2, -0.15) is 0 Å². The van der Waals surface area contributed by atoms with Crippen molar-refractivity contribution in [3.8, 4) is 17.0 Å². The molecule has 2 rings (SSSR count). The van der Waals surface area contributed by atoms with Gasteiger partial charge in [0.05, 0.1) is 29.3 Å². The summed E-state index contributed by atoms with van der Waals surface area (Å²) in [4.78, 5) is 4.36. The molecule has 0 aliphatic rings. The molecule has 0 aliphatic heterocycles. The topological polar surface area (TPSA) is 53.1 Å². The largest absolute Gasteiger partial charge is 0.492 e. The van der Waals surface area contributed by atoms with Crippen LogP contribution < -0.4 is 10.5 Å². The van der Waals surface area contributed by atoms with Crippen LogP contribution in [0, 0.1) is 0 Å². The molecule has 2 N–H and O–H groups in total. The Morgan fingerprint density at radius 1 is 1.44 bits per heavy atom. The molecule has 0 radical (unpaired) electrons. The summed E-state index contributed by atoms with van der Waals surface area (Å²) in [6.07, 6.45) is 1.75. The van der Waals surface area contributed by atoms with Crippen molar-refractivity contribution >= 4 is 11.6 Å². The van der Waals surface area contributed by atoms with Crippen LogP contribution in [0.25, 0.3) is 11.3 Å². The molecule has 0 spiro atoms. The smallest absolute Gasteiger partial charge is 0.137 e. The molecule has 96 valence electrons. The Labute approximate surface area is 111 Å². The second kappa shape index (κ2) is 5.42. The minimum absolute atomic E-state index is 0.441. The van der Waals surface area contributed by atoms with Crippen LogP contribution in [0.2, 0.25) is 5.02 Å². The van der Waals surface area contributed by atoms with Crippen LogP contribution in [0.1, 0.15) is 12.6 Å². The van der Waals surface area contributed by atoms with Gasteiger partial charge in [-0.1, -0.05) is 11.6 Å². The molecule has 0 fully saturated rings. The van der Waals surface area contributed by atoms with E-state index in [1.165, 1.54) is 0 Å². The molecule has 2 aromatic rings. The fraction of sp³-hybridized carbons (Fsp3) is 0.308. The van der Waals surface area contributed by atoms with Gasteiger partial charge >= 0.3 is 0 Å². The van der Waals surface area contributed by atoms with Gasteiger partial charge in [0.15, 0.2) is 0 Å². The number of aromatic nitrogens is 2. The molecule has 18 heavy (non-hydrogen) atoms. The van der Waals surface area contributed by atoms with Crippen molar-refractivity contribution in [2.45, 2.75) is 13.5 Å². The van der Waals surface area contributed by atoms with Crippen molar-refractivity contribution in [2.24, 2.45) is 12.8 Å². The molecule has 0 aliphatic carbocycles.